The van der Waals surface area contributed by atoms with Crippen molar-refractivity contribution in [2.24, 2.45) is 0 Å². The van der Waals surface area contributed by atoms with Gasteiger partial charge in [0.05, 0.1) is 22.6 Å². The lowest BCUT2D eigenvalue weighted by atomic mass is 10.3. The lowest BCUT2D eigenvalue weighted by Crippen LogP contribution is -2.31. The summed E-state index contributed by atoms with van der Waals surface area (Å²) in [5.41, 5.74) is 1.46. The van der Waals surface area contributed by atoms with Crippen molar-refractivity contribution < 1.29 is 9.53 Å². The number of anilines is 2. The molecule has 1 aromatic carbocycles. The minimum Gasteiger partial charge on any atom is -0.479 e. The van der Waals surface area contributed by atoms with Crippen molar-refractivity contribution in [3.63, 3.8) is 0 Å². The molecule has 1 atom stereocenters. The molecule has 5 nitrogen and oxygen atoms in total. The van der Waals surface area contributed by atoms with Gasteiger partial charge in [-0.25, -0.2) is 0 Å². The molecule has 0 aliphatic rings. The van der Waals surface area contributed by atoms with E-state index < -0.39 is 6.10 Å². The average Bonchev–Trinajstić information content (AvgIpc) is 2.50. The van der Waals surface area contributed by atoms with Crippen molar-refractivity contribution in [2.75, 3.05) is 24.3 Å². The topological polar surface area (TPSA) is 54.5 Å². The van der Waals surface area contributed by atoms with Crippen LogP contribution in [-0.4, -0.2) is 31.1 Å². The number of carbonyl (C=O) groups is 1. The molecule has 1 N–H and O–H groups in total. The Kier molecular flexibility index (Phi) is 5.69. The predicted molar refractivity (Wildman–Crippen MR) is 93.7 cm³/mol. The minimum absolute atomic E-state index is 0.299. The number of benzene rings is 1. The Labute approximate surface area is 145 Å². The first-order chi connectivity index (χ1) is 10.9. The monoisotopic (exact) mass is 353 g/mol. The zero-order valence-electron chi connectivity index (χ0n) is 13.0. The highest BCUT2D eigenvalue weighted by Gasteiger charge is 2.18. The summed E-state index contributed by atoms with van der Waals surface area (Å²) < 4.78 is 5.60. The van der Waals surface area contributed by atoms with E-state index in [2.05, 4.69) is 10.3 Å². The van der Waals surface area contributed by atoms with E-state index in [-0.39, 0.29) is 5.91 Å². The minimum atomic E-state index is -0.733. The van der Waals surface area contributed by atoms with E-state index in [9.17, 15) is 4.79 Å². The smallest absolute Gasteiger partial charge is 0.265 e. The number of nitrogens with one attached hydrogen (secondary N) is 1. The van der Waals surface area contributed by atoms with E-state index in [1.165, 1.54) is 0 Å². The normalized spacial score (nSPS) is 11.7. The number of pyridine rings is 1. The van der Waals surface area contributed by atoms with Crippen molar-refractivity contribution in [3.8, 4) is 5.75 Å². The summed E-state index contributed by atoms with van der Waals surface area (Å²) in [4.78, 5) is 18.2. The molecule has 0 spiro atoms. The van der Waals surface area contributed by atoms with Crippen molar-refractivity contribution >= 4 is 40.5 Å². The van der Waals surface area contributed by atoms with Gasteiger partial charge in [-0.05, 0) is 31.2 Å². The maximum atomic E-state index is 12.3. The van der Waals surface area contributed by atoms with Crippen LogP contribution in [0.5, 0.6) is 5.75 Å². The van der Waals surface area contributed by atoms with Gasteiger partial charge in [-0.2, -0.15) is 0 Å². The van der Waals surface area contributed by atoms with Crippen LogP contribution in [0.4, 0.5) is 11.4 Å². The highest BCUT2D eigenvalue weighted by molar-refractivity contribution is 6.35. The highest BCUT2D eigenvalue weighted by atomic mass is 35.5. The van der Waals surface area contributed by atoms with Crippen LogP contribution in [0.3, 0.4) is 0 Å². The van der Waals surface area contributed by atoms with Crippen molar-refractivity contribution in [2.45, 2.75) is 13.0 Å². The molecule has 0 saturated carbocycles. The van der Waals surface area contributed by atoms with Gasteiger partial charge in [0, 0.05) is 25.3 Å². The number of aromatic nitrogens is 1. The van der Waals surface area contributed by atoms with Crippen LogP contribution in [-0.2, 0) is 4.79 Å². The molecule has 0 saturated heterocycles. The van der Waals surface area contributed by atoms with Crippen LogP contribution in [0.25, 0.3) is 0 Å². The number of halogens is 2. The molecule has 0 aliphatic carbocycles. The quantitative estimate of drug-likeness (QED) is 0.886. The second-order valence-corrected chi connectivity index (χ2v) is 5.95. The van der Waals surface area contributed by atoms with Gasteiger partial charge in [0.1, 0.15) is 5.75 Å². The van der Waals surface area contributed by atoms with Gasteiger partial charge in [-0.1, -0.05) is 23.2 Å². The Hall–Kier alpha value is -1.98. The molecule has 0 aliphatic heterocycles. The van der Waals surface area contributed by atoms with Crippen LogP contribution < -0.4 is 15.0 Å². The molecule has 122 valence electrons. The SMILES string of the molecule is C[C@@H](Oc1ccc(Cl)cc1Cl)C(=O)Nc1cnccc1N(C)C. The highest BCUT2D eigenvalue weighted by Crippen LogP contribution is 2.29. The molecule has 23 heavy (non-hydrogen) atoms. The molecule has 1 amide bonds. The Morgan fingerprint density at radius 2 is 2.04 bits per heavy atom. The number of nitrogens with zero attached hydrogens (tertiary/aromatic N) is 2. The fourth-order valence-corrected chi connectivity index (χ4v) is 2.38. The van der Waals surface area contributed by atoms with E-state index in [1.807, 2.05) is 25.1 Å². The molecule has 2 rings (SSSR count). The first-order valence-electron chi connectivity index (χ1n) is 6.92. The number of hydrogen-bond acceptors (Lipinski definition) is 4. The second kappa shape index (κ2) is 7.53. The summed E-state index contributed by atoms with van der Waals surface area (Å²) in [6, 6.07) is 6.66. The summed E-state index contributed by atoms with van der Waals surface area (Å²) >= 11 is 11.9. The van der Waals surface area contributed by atoms with Crippen molar-refractivity contribution in [1.82, 2.24) is 4.98 Å². The fourth-order valence-electron chi connectivity index (χ4n) is 1.92. The Morgan fingerprint density at radius 1 is 1.30 bits per heavy atom. The molecule has 0 fully saturated rings. The van der Waals surface area contributed by atoms with Crippen LogP contribution in [0.15, 0.2) is 36.7 Å². The summed E-state index contributed by atoms with van der Waals surface area (Å²) in [6.07, 6.45) is 2.53. The van der Waals surface area contributed by atoms with Crippen molar-refractivity contribution in [3.05, 3.63) is 46.7 Å². The van der Waals surface area contributed by atoms with E-state index >= 15 is 0 Å². The second-order valence-electron chi connectivity index (χ2n) is 5.11. The molecule has 2 aromatic rings. The van der Waals surface area contributed by atoms with Crippen LogP contribution in [0.2, 0.25) is 10.0 Å². The third-order valence-electron chi connectivity index (χ3n) is 3.10. The van der Waals surface area contributed by atoms with Crippen molar-refractivity contribution in [1.29, 1.82) is 0 Å². The van der Waals surface area contributed by atoms with E-state index in [1.54, 1.807) is 37.5 Å². The van der Waals surface area contributed by atoms with Crippen LogP contribution >= 0.6 is 23.2 Å². The first-order valence-corrected chi connectivity index (χ1v) is 7.68. The molecule has 1 heterocycles. The van der Waals surface area contributed by atoms with E-state index in [4.69, 9.17) is 27.9 Å². The van der Waals surface area contributed by atoms with Gasteiger partial charge in [0.2, 0.25) is 0 Å². The summed E-state index contributed by atoms with van der Waals surface area (Å²) in [5, 5.41) is 3.66. The predicted octanol–water partition coefficient (Wildman–Crippen LogP) is 3.86. The summed E-state index contributed by atoms with van der Waals surface area (Å²) in [7, 11) is 3.77. The number of ether oxygens (including phenoxy) is 1. The van der Waals surface area contributed by atoms with Gasteiger partial charge in [0.25, 0.3) is 5.91 Å². The largest absolute Gasteiger partial charge is 0.479 e. The third kappa shape index (κ3) is 4.50. The van der Waals surface area contributed by atoms with Gasteiger partial charge in [-0.15, -0.1) is 0 Å². The standard InChI is InChI=1S/C16H17Cl2N3O2/c1-10(23-15-5-4-11(17)8-12(15)18)16(22)20-13-9-19-7-6-14(13)21(2)3/h4-10H,1-3H3,(H,20,22)/t10-/m1/s1. The number of hydrogen-bond donors (Lipinski definition) is 1. The Morgan fingerprint density at radius 3 is 2.70 bits per heavy atom. The number of rotatable bonds is 5. The molecule has 0 bridgehead atoms. The fraction of sp³-hybridized carbons (Fsp3) is 0.250. The zero-order valence-corrected chi connectivity index (χ0v) is 14.5. The zero-order chi connectivity index (χ0) is 17.0. The number of amides is 1. The Bertz CT molecular complexity index is 707. The molecule has 0 unspecified atom stereocenters. The van der Waals surface area contributed by atoms with E-state index in [0.717, 1.165) is 5.69 Å². The third-order valence-corrected chi connectivity index (χ3v) is 3.64. The lowest BCUT2D eigenvalue weighted by Gasteiger charge is -2.19. The van der Waals surface area contributed by atoms with Crippen LogP contribution in [0.1, 0.15) is 6.92 Å². The van der Waals surface area contributed by atoms with Gasteiger partial charge in [-0.3, -0.25) is 9.78 Å². The molecule has 7 heteroatoms. The van der Waals surface area contributed by atoms with Gasteiger partial charge < -0.3 is 15.0 Å². The maximum absolute atomic E-state index is 12.3. The maximum Gasteiger partial charge on any atom is 0.265 e. The summed E-state index contributed by atoms with van der Waals surface area (Å²) in [6.45, 7) is 1.64. The number of carbonyl (C=O) groups excluding carboxylic acids is 1. The lowest BCUT2D eigenvalue weighted by molar-refractivity contribution is -0.122. The average molecular weight is 354 g/mol. The van der Waals surface area contributed by atoms with Gasteiger partial charge >= 0.3 is 0 Å². The van der Waals surface area contributed by atoms with Crippen LogP contribution in [0, 0.1) is 0 Å². The first kappa shape index (κ1) is 17.4. The molecule has 1 aromatic heterocycles. The molecule has 0 radical (unpaired) electrons. The Balaban J connectivity index is 2.09. The van der Waals surface area contributed by atoms with Gasteiger partial charge in [0.15, 0.2) is 6.10 Å². The summed E-state index contributed by atoms with van der Waals surface area (Å²) in [5.74, 6) is 0.102. The molecular formula is C16H17Cl2N3O2. The molecular weight excluding hydrogens is 337 g/mol. The van der Waals surface area contributed by atoms with E-state index in [0.29, 0.717) is 21.5 Å².